The van der Waals surface area contributed by atoms with Crippen molar-refractivity contribution in [3.8, 4) is 0 Å². The second kappa shape index (κ2) is 3.09. The molecule has 1 aromatic heterocycles. The van der Waals surface area contributed by atoms with E-state index in [-0.39, 0.29) is 5.41 Å². The van der Waals surface area contributed by atoms with Crippen molar-refractivity contribution in [1.29, 1.82) is 0 Å². The van der Waals surface area contributed by atoms with Crippen LogP contribution in [0.15, 0.2) is 18.3 Å². The van der Waals surface area contributed by atoms with Gasteiger partial charge in [0.05, 0.1) is 5.52 Å². The number of nitrogens with zero attached hydrogens (tertiary/aromatic N) is 2. The van der Waals surface area contributed by atoms with Gasteiger partial charge in [0, 0.05) is 18.6 Å². The first-order valence-corrected chi connectivity index (χ1v) is 5.33. The highest BCUT2D eigenvalue weighted by Gasteiger charge is 2.20. The van der Waals surface area contributed by atoms with Gasteiger partial charge < -0.3 is 0 Å². The van der Waals surface area contributed by atoms with Crippen LogP contribution in [0.25, 0.3) is 10.9 Å². The minimum Gasteiger partial charge on any atom is -0.275 e. The summed E-state index contributed by atoms with van der Waals surface area (Å²) in [6.07, 6.45) is 2.07. The van der Waals surface area contributed by atoms with Crippen LogP contribution in [0.5, 0.6) is 0 Å². The Kier molecular flexibility index (Phi) is 2.10. The first-order valence-electron chi connectivity index (χ1n) is 5.33. The van der Waals surface area contributed by atoms with Crippen LogP contribution in [-0.4, -0.2) is 9.78 Å². The summed E-state index contributed by atoms with van der Waals surface area (Å²) in [5.74, 6) is 0. The molecule has 0 saturated heterocycles. The molecular formula is C13H18N2. The molecule has 0 spiro atoms. The molecule has 1 heterocycles. The van der Waals surface area contributed by atoms with Crippen molar-refractivity contribution in [2.45, 2.75) is 33.1 Å². The standard InChI is InChI=1S/C13H18N2/c1-9-6-7-10-8-15(5)14-12(10)11(9)13(2,3)4/h6-8H,1-5H3. The van der Waals surface area contributed by atoms with Crippen molar-refractivity contribution in [3.63, 3.8) is 0 Å². The van der Waals surface area contributed by atoms with Gasteiger partial charge in [0.2, 0.25) is 0 Å². The number of hydrogen-bond acceptors (Lipinski definition) is 1. The molecule has 0 aliphatic heterocycles. The molecule has 0 unspecified atom stereocenters. The van der Waals surface area contributed by atoms with E-state index < -0.39 is 0 Å². The van der Waals surface area contributed by atoms with Gasteiger partial charge in [-0.3, -0.25) is 4.68 Å². The Labute approximate surface area is 90.9 Å². The first-order chi connectivity index (χ1) is 6.89. The molecule has 2 heteroatoms. The fraction of sp³-hybridized carbons (Fsp3) is 0.462. The lowest BCUT2D eigenvalue weighted by atomic mass is 9.83. The molecule has 1 aromatic carbocycles. The summed E-state index contributed by atoms with van der Waals surface area (Å²) in [6, 6.07) is 4.33. The summed E-state index contributed by atoms with van der Waals surface area (Å²) in [6.45, 7) is 8.88. The molecule has 0 atom stereocenters. The Bertz CT molecular complexity index is 501. The van der Waals surface area contributed by atoms with E-state index in [9.17, 15) is 0 Å². The monoisotopic (exact) mass is 202 g/mol. The van der Waals surface area contributed by atoms with Gasteiger partial charge in [-0.2, -0.15) is 5.10 Å². The van der Waals surface area contributed by atoms with Crippen molar-refractivity contribution >= 4 is 10.9 Å². The van der Waals surface area contributed by atoms with E-state index in [0.717, 1.165) is 5.52 Å². The highest BCUT2D eigenvalue weighted by molar-refractivity contribution is 5.83. The Morgan fingerprint density at radius 3 is 2.47 bits per heavy atom. The molecule has 0 fully saturated rings. The molecule has 0 aliphatic carbocycles. The van der Waals surface area contributed by atoms with Crippen LogP contribution in [0.3, 0.4) is 0 Å². The van der Waals surface area contributed by atoms with Crippen LogP contribution in [0.4, 0.5) is 0 Å². The molecule has 0 saturated carbocycles. The quantitative estimate of drug-likeness (QED) is 0.641. The Morgan fingerprint density at radius 2 is 1.87 bits per heavy atom. The minimum atomic E-state index is 0.151. The second-order valence-corrected chi connectivity index (χ2v) is 5.25. The predicted octanol–water partition coefficient (Wildman–Crippen LogP) is 3.18. The van der Waals surface area contributed by atoms with Crippen LogP contribution in [-0.2, 0) is 12.5 Å². The van der Waals surface area contributed by atoms with Gasteiger partial charge in [-0.15, -0.1) is 0 Å². The van der Waals surface area contributed by atoms with Crippen molar-refractivity contribution in [3.05, 3.63) is 29.5 Å². The number of aryl methyl sites for hydroxylation is 2. The minimum absolute atomic E-state index is 0.151. The van der Waals surface area contributed by atoms with Crippen molar-refractivity contribution < 1.29 is 0 Å². The molecule has 0 aliphatic rings. The van der Waals surface area contributed by atoms with Crippen molar-refractivity contribution in [2.24, 2.45) is 7.05 Å². The van der Waals surface area contributed by atoms with Crippen LogP contribution in [0, 0.1) is 6.92 Å². The lowest BCUT2D eigenvalue weighted by Gasteiger charge is -2.21. The zero-order valence-electron chi connectivity index (χ0n) is 10.1. The topological polar surface area (TPSA) is 17.8 Å². The maximum Gasteiger partial charge on any atom is 0.0963 e. The van der Waals surface area contributed by atoms with Gasteiger partial charge in [-0.05, 0) is 23.5 Å². The van der Waals surface area contributed by atoms with Crippen LogP contribution >= 0.6 is 0 Å². The molecule has 0 bridgehead atoms. The summed E-state index contributed by atoms with van der Waals surface area (Å²) in [7, 11) is 1.97. The maximum absolute atomic E-state index is 4.56. The summed E-state index contributed by atoms with van der Waals surface area (Å²) >= 11 is 0. The third kappa shape index (κ3) is 1.65. The third-order valence-corrected chi connectivity index (χ3v) is 2.75. The molecule has 0 radical (unpaired) electrons. The molecule has 2 aromatic rings. The van der Waals surface area contributed by atoms with Crippen LogP contribution < -0.4 is 0 Å². The molecule has 2 nitrogen and oxygen atoms in total. The fourth-order valence-electron chi connectivity index (χ4n) is 2.25. The Hall–Kier alpha value is -1.31. The van der Waals surface area contributed by atoms with Gasteiger partial charge in [0.15, 0.2) is 0 Å². The lowest BCUT2D eigenvalue weighted by Crippen LogP contribution is -2.14. The van der Waals surface area contributed by atoms with Crippen molar-refractivity contribution in [1.82, 2.24) is 9.78 Å². The molecule has 0 N–H and O–H groups in total. The van der Waals surface area contributed by atoms with E-state index in [2.05, 4.69) is 51.1 Å². The summed E-state index contributed by atoms with van der Waals surface area (Å²) in [4.78, 5) is 0. The van der Waals surface area contributed by atoms with Gasteiger partial charge in [0.1, 0.15) is 0 Å². The van der Waals surface area contributed by atoms with E-state index in [0.29, 0.717) is 0 Å². The van der Waals surface area contributed by atoms with Gasteiger partial charge in [-0.25, -0.2) is 0 Å². The molecule has 2 rings (SSSR count). The van der Waals surface area contributed by atoms with Crippen LogP contribution in [0.2, 0.25) is 0 Å². The summed E-state index contributed by atoms with van der Waals surface area (Å²) in [5, 5.41) is 5.79. The third-order valence-electron chi connectivity index (χ3n) is 2.75. The Morgan fingerprint density at radius 1 is 1.20 bits per heavy atom. The van der Waals surface area contributed by atoms with Gasteiger partial charge in [-0.1, -0.05) is 32.9 Å². The molecule has 15 heavy (non-hydrogen) atoms. The normalized spacial score (nSPS) is 12.3. The molecule has 0 amide bonds. The van der Waals surface area contributed by atoms with Crippen LogP contribution in [0.1, 0.15) is 31.9 Å². The summed E-state index contributed by atoms with van der Waals surface area (Å²) < 4.78 is 1.89. The van der Waals surface area contributed by atoms with E-state index >= 15 is 0 Å². The molecular weight excluding hydrogens is 184 g/mol. The molecule has 80 valence electrons. The summed E-state index contributed by atoms with van der Waals surface area (Å²) in [5.41, 5.74) is 3.98. The van der Waals surface area contributed by atoms with Gasteiger partial charge >= 0.3 is 0 Å². The smallest absolute Gasteiger partial charge is 0.0963 e. The number of aromatic nitrogens is 2. The van der Waals surface area contributed by atoms with E-state index in [4.69, 9.17) is 0 Å². The highest BCUT2D eigenvalue weighted by atomic mass is 15.2. The van der Waals surface area contributed by atoms with Crippen molar-refractivity contribution in [2.75, 3.05) is 0 Å². The second-order valence-electron chi connectivity index (χ2n) is 5.25. The highest BCUT2D eigenvalue weighted by Crippen LogP contribution is 2.31. The zero-order chi connectivity index (χ0) is 11.2. The first kappa shape index (κ1) is 10.2. The van der Waals surface area contributed by atoms with E-state index in [1.165, 1.54) is 16.5 Å². The van der Waals surface area contributed by atoms with E-state index in [1.807, 2.05) is 11.7 Å². The SMILES string of the molecule is Cc1ccc2cn(C)nc2c1C(C)(C)C. The number of benzene rings is 1. The predicted molar refractivity (Wildman–Crippen MR) is 64.2 cm³/mol. The zero-order valence-corrected chi connectivity index (χ0v) is 10.1. The van der Waals surface area contributed by atoms with Gasteiger partial charge in [0.25, 0.3) is 0 Å². The maximum atomic E-state index is 4.56. The average Bonchev–Trinajstić information content (AvgIpc) is 2.41. The fourth-order valence-corrected chi connectivity index (χ4v) is 2.25. The average molecular weight is 202 g/mol. The lowest BCUT2D eigenvalue weighted by molar-refractivity contribution is 0.589. The largest absolute Gasteiger partial charge is 0.275 e. The number of hydrogen-bond donors (Lipinski definition) is 0. The number of rotatable bonds is 0. The Balaban J connectivity index is 2.85. The number of fused-ring (bicyclic) bond motifs is 1. The van der Waals surface area contributed by atoms with E-state index in [1.54, 1.807) is 0 Å².